The van der Waals surface area contributed by atoms with Gasteiger partial charge in [-0.3, -0.25) is 4.98 Å². The molecule has 154 valence electrons. The van der Waals surface area contributed by atoms with Crippen molar-refractivity contribution in [1.82, 2.24) is 15.0 Å². The van der Waals surface area contributed by atoms with Gasteiger partial charge < -0.3 is 11.1 Å². The minimum absolute atomic E-state index is 0.345. The molecule has 2 aromatic carbocycles. The van der Waals surface area contributed by atoms with Crippen LogP contribution in [0.3, 0.4) is 0 Å². The van der Waals surface area contributed by atoms with Crippen molar-refractivity contribution in [3.05, 3.63) is 77.0 Å². The van der Waals surface area contributed by atoms with Crippen molar-refractivity contribution in [2.24, 2.45) is 0 Å². The summed E-state index contributed by atoms with van der Waals surface area (Å²) in [6.07, 6.45) is 4.94. The van der Waals surface area contributed by atoms with Crippen LogP contribution in [-0.2, 0) is 0 Å². The largest absolute Gasteiger partial charge is 0.383 e. The topological polar surface area (TPSA) is 124 Å². The zero-order chi connectivity index (χ0) is 22.7. The third-order valence-electron chi connectivity index (χ3n) is 5.06. The van der Waals surface area contributed by atoms with Crippen molar-refractivity contribution >= 4 is 34.4 Å². The summed E-state index contributed by atoms with van der Waals surface area (Å²) in [4.78, 5) is 13.7. The number of nitriles is 2. The van der Waals surface area contributed by atoms with Crippen LogP contribution in [0.1, 0.15) is 22.3 Å². The van der Waals surface area contributed by atoms with E-state index in [4.69, 9.17) is 21.2 Å². The maximum absolute atomic E-state index is 8.98. The van der Waals surface area contributed by atoms with Crippen LogP contribution < -0.4 is 11.1 Å². The number of nitrogens with zero attached hydrogens (tertiary/aromatic N) is 5. The number of pyridine rings is 1. The number of fused-ring (bicyclic) bond motifs is 1. The Bertz CT molecular complexity index is 1420. The fraction of sp³-hybridized carbons (Fsp3) is 0.0800. The van der Waals surface area contributed by atoms with Crippen LogP contribution in [0.15, 0.2) is 54.7 Å². The second kappa shape index (κ2) is 8.55. The summed E-state index contributed by atoms with van der Waals surface area (Å²) in [5.74, 6) is 0.691. The number of rotatable bonds is 4. The molecule has 0 spiro atoms. The number of hydrogen-bond acceptors (Lipinski definition) is 7. The summed E-state index contributed by atoms with van der Waals surface area (Å²) in [6, 6.07) is 16.9. The van der Waals surface area contributed by atoms with E-state index in [2.05, 4.69) is 21.4 Å². The van der Waals surface area contributed by atoms with E-state index in [1.807, 2.05) is 32.0 Å². The van der Waals surface area contributed by atoms with Gasteiger partial charge in [0.05, 0.1) is 23.4 Å². The smallest absolute Gasteiger partial charge is 0.229 e. The molecule has 32 heavy (non-hydrogen) atoms. The van der Waals surface area contributed by atoms with Crippen LogP contribution >= 0.6 is 0 Å². The van der Waals surface area contributed by atoms with Crippen LogP contribution in [0.5, 0.6) is 0 Å². The Labute approximate surface area is 185 Å². The molecule has 0 amide bonds. The molecule has 0 saturated heterocycles. The fourth-order valence-electron chi connectivity index (χ4n) is 3.68. The fourth-order valence-corrected chi connectivity index (χ4v) is 3.68. The lowest BCUT2D eigenvalue weighted by molar-refractivity contribution is 1.20. The van der Waals surface area contributed by atoms with Crippen molar-refractivity contribution in [3.8, 4) is 23.4 Å². The van der Waals surface area contributed by atoms with Crippen molar-refractivity contribution in [2.75, 3.05) is 11.1 Å². The van der Waals surface area contributed by atoms with Gasteiger partial charge in [-0.25, -0.2) is 4.98 Å². The average Bonchev–Trinajstić information content (AvgIpc) is 2.78. The van der Waals surface area contributed by atoms with E-state index in [9.17, 15) is 0 Å². The summed E-state index contributed by atoms with van der Waals surface area (Å²) >= 11 is 0. The SMILES string of the molecule is Cc1cc(C=CC#N)cc(C)c1-c1nccc2c(N)nc(Nc3ccc(C#N)cc3)nc12. The number of aryl methyl sites for hydroxylation is 2. The summed E-state index contributed by atoms with van der Waals surface area (Å²) in [6.45, 7) is 4.01. The highest BCUT2D eigenvalue weighted by molar-refractivity contribution is 5.98. The van der Waals surface area contributed by atoms with E-state index in [1.54, 1.807) is 42.6 Å². The van der Waals surface area contributed by atoms with E-state index >= 15 is 0 Å². The lowest BCUT2D eigenvalue weighted by atomic mass is 9.95. The second-order valence-corrected chi connectivity index (χ2v) is 7.29. The molecule has 0 aliphatic rings. The van der Waals surface area contributed by atoms with Crippen molar-refractivity contribution in [3.63, 3.8) is 0 Å². The van der Waals surface area contributed by atoms with Gasteiger partial charge in [0.25, 0.3) is 0 Å². The molecule has 7 heteroatoms. The number of anilines is 3. The van der Waals surface area contributed by atoms with Gasteiger partial charge in [-0.05, 0) is 66.9 Å². The zero-order valence-electron chi connectivity index (χ0n) is 17.6. The predicted octanol–water partition coefficient (Wildman–Crippen LogP) is 5.04. The Morgan fingerprint density at radius 2 is 1.72 bits per heavy atom. The van der Waals surface area contributed by atoms with Gasteiger partial charge in [0, 0.05) is 28.9 Å². The minimum atomic E-state index is 0.345. The summed E-state index contributed by atoms with van der Waals surface area (Å²) in [5.41, 5.74) is 12.9. The van der Waals surface area contributed by atoms with Crippen molar-refractivity contribution < 1.29 is 0 Å². The Morgan fingerprint density at radius 3 is 2.38 bits per heavy atom. The molecular weight excluding hydrogens is 398 g/mol. The summed E-state index contributed by atoms with van der Waals surface area (Å²) in [5, 5.41) is 21.7. The Kier molecular flexibility index (Phi) is 5.48. The minimum Gasteiger partial charge on any atom is -0.383 e. The highest BCUT2D eigenvalue weighted by Gasteiger charge is 2.16. The van der Waals surface area contributed by atoms with E-state index in [1.165, 1.54) is 6.08 Å². The quantitative estimate of drug-likeness (QED) is 0.445. The van der Waals surface area contributed by atoms with Crippen LogP contribution in [0.4, 0.5) is 17.5 Å². The maximum atomic E-state index is 8.98. The van der Waals surface area contributed by atoms with Gasteiger partial charge in [0.15, 0.2) is 0 Å². The summed E-state index contributed by atoms with van der Waals surface area (Å²) in [7, 11) is 0. The number of allylic oxidation sites excluding steroid dienone is 1. The molecule has 0 bridgehead atoms. The third kappa shape index (κ3) is 3.96. The number of nitrogens with one attached hydrogen (secondary N) is 1. The Morgan fingerprint density at radius 1 is 1.00 bits per heavy atom. The number of nitrogen functional groups attached to an aromatic ring is 1. The maximum Gasteiger partial charge on any atom is 0.229 e. The zero-order valence-corrected chi connectivity index (χ0v) is 17.6. The van der Waals surface area contributed by atoms with Gasteiger partial charge in [0.2, 0.25) is 5.95 Å². The van der Waals surface area contributed by atoms with Gasteiger partial charge in [-0.1, -0.05) is 12.1 Å². The first-order chi connectivity index (χ1) is 15.5. The number of aromatic nitrogens is 3. The Balaban J connectivity index is 1.83. The number of hydrogen-bond donors (Lipinski definition) is 2. The second-order valence-electron chi connectivity index (χ2n) is 7.29. The molecule has 2 heterocycles. The predicted molar refractivity (Wildman–Crippen MR) is 126 cm³/mol. The molecule has 2 aromatic heterocycles. The third-order valence-corrected chi connectivity index (χ3v) is 5.06. The molecule has 0 radical (unpaired) electrons. The van der Waals surface area contributed by atoms with Gasteiger partial charge >= 0.3 is 0 Å². The highest BCUT2D eigenvalue weighted by atomic mass is 15.1. The molecule has 0 fully saturated rings. The van der Waals surface area contributed by atoms with E-state index in [0.717, 1.165) is 27.9 Å². The van der Waals surface area contributed by atoms with Gasteiger partial charge in [0.1, 0.15) is 11.3 Å². The molecule has 7 nitrogen and oxygen atoms in total. The van der Waals surface area contributed by atoms with Gasteiger partial charge in [-0.15, -0.1) is 0 Å². The van der Waals surface area contributed by atoms with E-state index < -0.39 is 0 Å². The standard InChI is InChI=1S/C25H19N7/c1-15-12-18(4-3-10-26)13-16(2)21(15)23-22-20(9-11-29-23)24(28)32-25(31-22)30-19-7-5-17(14-27)6-8-19/h3-9,11-13H,1-2H3,(H3,28,30,31,32). The molecule has 3 N–H and O–H groups in total. The summed E-state index contributed by atoms with van der Waals surface area (Å²) < 4.78 is 0. The number of benzene rings is 2. The molecule has 0 atom stereocenters. The first-order valence-electron chi connectivity index (χ1n) is 9.87. The molecular formula is C25H19N7. The monoisotopic (exact) mass is 417 g/mol. The van der Waals surface area contributed by atoms with E-state index in [-0.39, 0.29) is 0 Å². The Hall–Kier alpha value is -4.75. The first-order valence-corrected chi connectivity index (χ1v) is 9.87. The molecule has 0 unspecified atom stereocenters. The molecule has 0 saturated carbocycles. The van der Waals surface area contributed by atoms with Crippen LogP contribution in [0.25, 0.3) is 28.2 Å². The van der Waals surface area contributed by atoms with Crippen molar-refractivity contribution in [2.45, 2.75) is 13.8 Å². The van der Waals surface area contributed by atoms with Crippen molar-refractivity contribution in [1.29, 1.82) is 10.5 Å². The first kappa shape index (κ1) is 20.5. The van der Waals surface area contributed by atoms with E-state index in [0.29, 0.717) is 33.9 Å². The normalized spacial score (nSPS) is 10.8. The van der Waals surface area contributed by atoms with Gasteiger partial charge in [-0.2, -0.15) is 15.5 Å². The van der Waals surface area contributed by atoms with Crippen LogP contribution in [0, 0.1) is 36.5 Å². The molecule has 4 rings (SSSR count). The lowest BCUT2D eigenvalue weighted by Gasteiger charge is -2.14. The molecule has 0 aliphatic carbocycles. The molecule has 0 aliphatic heterocycles. The molecule has 4 aromatic rings. The average molecular weight is 417 g/mol. The lowest BCUT2D eigenvalue weighted by Crippen LogP contribution is -2.04. The highest BCUT2D eigenvalue weighted by Crippen LogP contribution is 2.34. The number of nitrogens with two attached hydrogens (primary N) is 1. The van der Waals surface area contributed by atoms with Crippen LogP contribution in [0.2, 0.25) is 0 Å². The van der Waals surface area contributed by atoms with Crippen LogP contribution in [-0.4, -0.2) is 15.0 Å².